The van der Waals surface area contributed by atoms with E-state index in [-0.39, 0.29) is 19.9 Å². The molecule has 0 atom stereocenters. The van der Waals surface area contributed by atoms with Crippen LogP contribution < -0.4 is 14.8 Å². The van der Waals surface area contributed by atoms with Gasteiger partial charge in [0.05, 0.1) is 5.69 Å². The number of amides is 2. The standard InChI is InChI=1S/C19H17F3N2O4/c1-2-7-24(19(26)11-3-6-14-15(8-11)28-10-27-14)9-16(25)23-13-5-4-12(20)17(21)18(13)22/h3-6,8H,2,7,9-10H2,1H3,(H,23,25). The Kier molecular flexibility index (Phi) is 5.72. The fourth-order valence-corrected chi connectivity index (χ4v) is 2.72. The summed E-state index contributed by atoms with van der Waals surface area (Å²) in [7, 11) is 0. The highest BCUT2D eigenvalue weighted by molar-refractivity contribution is 5.99. The Balaban J connectivity index is 1.72. The van der Waals surface area contributed by atoms with Gasteiger partial charge < -0.3 is 19.7 Å². The van der Waals surface area contributed by atoms with E-state index in [1.54, 1.807) is 12.1 Å². The van der Waals surface area contributed by atoms with Crippen LogP contribution >= 0.6 is 0 Å². The molecule has 0 aliphatic carbocycles. The second-order valence-electron chi connectivity index (χ2n) is 6.07. The van der Waals surface area contributed by atoms with Gasteiger partial charge in [0.15, 0.2) is 29.0 Å². The van der Waals surface area contributed by atoms with Gasteiger partial charge in [0, 0.05) is 12.1 Å². The quantitative estimate of drug-likeness (QED) is 0.764. The highest BCUT2D eigenvalue weighted by Gasteiger charge is 2.23. The van der Waals surface area contributed by atoms with Gasteiger partial charge in [0.2, 0.25) is 12.7 Å². The zero-order valence-corrected chi connectivity index (χ0v) is 14.9. The molecule has 28 heavy (non-hydrogen) atoms. The molecular weight excluding hydrogens is 377 g/mol. The van der Waals surface area contributed by atoms with Crippen LogP contribution in [0.5, 0.6) is 11.5 Å². The molecule has 2 aromatic carbocycles. The lowest BCUT2D eigenvalue weighted by molar-refractivity contribution is -0.116. The van der Waals surface area contributed by atoms with Crippen molar-refractivity contribution in [2.75, 3.05) is 25.2 Å². The summed E-state index contributed by atoms with van der Waals surface area (Å²) >= 11 is 0. The second kappa shape index (κ2) is 8.20. The van der Waals surface area contributed by atoms with E-state index in [0.29, 0.717) is 29.5 Å². The van der Waals surface area contributed by atoms with Crippen LogP contribution in [-0.4, -0.2) is 36.6 Å². The number of halogens is 3. The molecule has 1 N–H and O–H groups in total. The Morgan fingerprint density at radius 3 is 2.57 bits per heavy atom. The average molecular weight is 394 g/mol. The molecule has 6 nitrogen and oxygen atoms in total. The zero-order chi connectivity index (χ0) is 20.3. The number of hydrogen-bond acceptors (Lipinski definition) is 4. The second-order valence-corrected chi connectivity index (χ2v) is 6.07. The minimum atomic E-state index is -1.68. The van der Waals surface area contributed by atoms with Crippen LogP contribution in [-0.2, 0) is 4.79 Å². The predicted molar refractivity (Wildman–Crippen MR) is 93.7 cm³/mol. The molecule has 0 bridgehead atoms. The number of carbonyl (C=O) groups excluding carboxylic acids is 2. The minimum Gasteiger partial charge on any atom is -0.454 e. The molecule has 0 radical (unpaired) electrons. The van der Waals surface area contributed by atoms with Crippen LogP contribution in [0, 0.1) is 17.5 Å². The van der Waals surface area contributed by atoms with Crippen LogP contribution in [0.3, 0.4) is 0 Å². The van der Waals surface area contributed by atoms with Crippen LogP contribution in [0.4, 0.5) is 18.9 Å². The molecule has 0 saturated heterocycles. The Labute approximate surface area is 158 Å². The van der Waals surface area contributed by atoms with E-state index in [0.717, 1.165) is 6.07 Å². The van der Waals surface area contributed by atoms with Crippen molar-refractivity contribution in [2.24, 2.45) is 0 Å². The molecule has 9 heteroatoms. The highest BCUT2D eigenvalue weighted by atomic mass is 19.2. The van der Waals surface area contributed by atoms with E-state index in [4.69, 9.17) is 9.47 Å². The van der Waals surface area contributed by atoms with Gasteiger partial charge in [0.1, 0.15) is 6.54 Å². The number of carbonyl (C=O) groups is 2. The van der Waals surface area contributed by atoms with Gasteiger partial charge in [-0.15, -0.1) is 0 Å². The first-order valence-corrected chi connectivity index (χ1v) is 8.53. The van der Waals surface area contributed by atoms with Crippen molar-refractivity contribution >= 4 is 17.5 Å². The fraction of sp³-hybridized carbons (Fsp3) is 0.263. The molecule has 1 aliphatic heterocycles. The van der Waals surface area contributed by atoms with E-state index >= 15 is 0 Å². The summed E-state index contributed by atoms with van der Waals surface area (Å²) in [5.41, 5.74) is -0.208. The van der Waals surface area contributed by atoms with Gasteiger partial charge in [-0.2, -0.15) is 0 Å². The Morgan fingerprint density at radius 2 is 1.82 bits per heavy atom. The third kappa shape index (κ3) is 4.03. The van der Waals surface area contributed by atoms with Crippen molar-refractivity contribution < 1.29 is 32.2 Å². The van der Waals surface area contributed by atoms with Crippen molar-refractivity contribution in [2.45, 2.75) is 13.3 Å². The largest absolute Gasteiger partial charge is 0.454 e. The first kappa shape index (κ1) is 19.5. The molecule has 2 amide bonds. The summed E-state index contributed by atoms with van der Waals surface area (Å²) in [6.45, 7) is 1.77. The maximum Gasteiger partial charge on any atom is 0.254 e. The fourth-order valence-electron chi connectivity index (χ4n) is 2.72. The summed E-state index contributed by atoms with van der Waals surface area (Å²) < 4.78 is 50.5. The number of ether oxygens (including phenoxy) is 2. The molecule has 3 rings (SSSR count). The molecule has 0 unspecified atom stereocenters. The Bertz CT molecular complexity index is 920. The van der Waals surface area contributed by atoms with Crippen LogP contribution in [0.1, 0.15) is 23.7 Å². The maximum absolute atomic E-state index is 13.7. The maximum atomic E-state index is 13.7. The summed E-state index contributed by atoms with van der Waals surface area (Å²) in [5, 5.41) is 2.16. The first-order chi connectivity index (χ1) is 13.4. The number of anilines is 1. The predicted octanol–water partition coefficient (Wildman–Crippen LogP) is 3.32. The van der Waals surface area contributed by atoms with Crippen molar-refractivity contribution in [3.05, 3.63) is 53.3 Å². The molecule has 1 heterocycles. The SMILES string of the molecule is CCCN(CC(=O)Nc1ccc(F)c(F)c1F)C(=O)c1ccc2c(c1)OCO2. The molecular formula is C19H17F3N2O4. The van der Waals surface area contributed by atoms with Gasteiger partial charge in [-0.1, -0.05) is 6.92 Å². The van der Waals surface area contributed by atoms with Crippen molar-refractivity contribution in [1.29, 1.82) is 0 Å². The van der Waals surface area contributed by atoms with Crippen LogP contribution in [0.25, 0.3) is 0 Å². The van der Waals surface area contributed by atoms with E-state index in [1.165, 1.54) is 11.0 Å². The average Bonchev–Trinajstić information content (AvgIpc) is 3.15. The number of rotatable bonds is 6. The van der Waals surface area contributed by atoms with E-state index < -0.39 is 35.0 Å². The highest BCUT2D eigenvalue weighted by Crippen LogP contribution is 2.32. The molecule has 0 fully saturated rings. The van der Waals surface area contributed by atoms with E-state index in [2.05, 4.69) is 5.32 Å². The molecule has 0 spiro atoms. The van der Waals surface area contributed by atoms with Gasteiger partial charge in [-0.3, -0.25) is 9.59 Å². The summed E-state index contributed by atoms with van der Waals surface area (Å²) in [5.74, 6) is -4.77. The minimum absolute atomic E-state index is 0.0633. The third-order valence-electron chi connectivity index (χ3n) is 4.04. The first-order valence-electron chi connectivity index (χ1n) is 8.53. The molecule has 2 aromatic rings. The lowest BCUT2D eigenvalue weighted by atomic mass is 10.1. The summed E-state index contributed by atoms with van der Waals surface area (Å²) in [6.07, 6.45) is 0.573. The monoisotopic (exact) mass is 394 g/mol. The van der Waals surface area contributed by atoms with E-state index in [1.807, 2.05) is 6.92 Å². The van der Waals surface area contributed by atoms with Crippen molar-refractivity contribution in [3.8, 4) is 11.5 Å². The molecule has 0 saturated carbocycles. The topological polar surface area (TPSA) is 67.9 Å². The van der Waals surface area contributed by atoms with Crippen molar-refractivity contribution in [1.82, 2.24) is 4.90 Å². The number of fused-ring (bicyclic) bond motifs is 1. The van der Waals surface area contributed by atoms with Gasteiger partial charge >= 0.3 is 0 Å². The molecule has 0 aromatic heterocycles. The van der Waals surface area contributed by atoms with Crippen LogP contribution in [0.15, 0.2) is 30.3 Å². The smallest absolute Gasteiger partial charge is 0.254 e. The lowest BCUT2D eigenvalue weighted by Crippen LogP contribution is -2.38. The zero-order valence-electron chi connectivity index (χ0n) is 14.9. The third-order valence-corrected chi connectivity index (χ3v) is 4.04. The number of benzene rings is 2. The van der Waals surface area contributed by atoms with Gasteiger partial charge in [-0.25, -0.2) is 13.2 Å². The summed E-state index contributed by atoms with van der Waals surface area (Å²) in [4.78, 5) is 26.3. The molecule has 1 aliphatic rings. The Morgan fingerprint density at radius 1 is 1.07 bits per heavy atom. The Hall–Kier alpha value is -3.23. The lowest BCUT2D eigenvalue weighted by Gasteiger charge is -2.22. The van der Waals surface area contributed by atoms with Crippen LogP contribution in [0.2, 0.25) is 0 Å². The van der Waals surface area contributed by atoms with Crippen molar-refractivity contribution in [3.63, 3.8) is 0 Å². The number of hydrogen-bond donors (Lipinski definition) is 1. The number of nitrogens with zero attached hydrogens (tertiary/aromatic N) is 1. The summed E-state index contributed by atoms with van der Waals surface area (Å²) in [6, 6.07) is 6.27. The number of nitrogens with one attached hydrogen (secondary N) is 1. The van der Waals surface area contributed by atoms with Gasteiger partial charge in [-0.05, 0) is 36.8 Å². The normalized spacial score (nSPS) is 12.0. The molecule has 148 valence electrons. The van der Waals surface area contributed by atoms with E-state index in [9.17, 15) is 22.8 Å². The van der Waals surface area contributed by atoms with Gasteiger partial charge in [0.25, 0.3) is 5.91 Å².